The Morgan fingerprint density at radius 2 is 2.08 bits per heavy atom. The van der Waals surface area contributed by atoms with Gasteiger partial charge in [0, 0.05) is 45.3 Å². The maximum atomic E-state index is 3.52. The van der Waals surface area contributed by atoms with E-state index < -0.39 is 0 Å². The Labute approximate surface area is 81.9 Å². The molecule has 0 aromatic carbocycles. The van der Waals surface area contributed by atoms with Crippen LogP contribution in [0, 0.1) is 0 Å². The summed E-state index contributed by atoms with van der Waals surface area (Å²) in [4.78, 5) is 2.52. The second kappa shape index (κ2) is 6.35. The van der Waals surface area contributed by atoms with Gasteiger partial charge in [-0.25, -0.2) is 0 Å². The van der Waals surface area contributed by atoms with Crippen LogP contribution in [0.4, 0.5) is 0 Å². The number of hydrogen-bond donors (Lipinski definition) is 2. The van der Waals surface area contributed by atoms with Crippen molar-refractivity contribution in [2.45, 2.75) is 26.3 Å². The van der Waals surface area contributed by atoms with Crippen LogP contribution in [0.25, 0.3) is 0 Å². The zero-order chi connectivity index (χ0) is 9.52. The normalized spacial score (nSPS) is 21.7. The van der Waals surface area contributed by atoms with E-state index in [2.05, 4.69) is 29.4 Å². The van der Waals surface area contributed by atoms with Crippen molar-refractivity contribution >= 4 is 0 Å². The molecule has 1 atom stereocenters. The van der Waals surface area contributed by atoms with Gasteiger partial charge in [0.15, 0.2) is 0 Å². The van der Waals surface area contributed by atoms with Crippen LogP contribution < -0.4 is 10.6 Å². The first-order valence-electron chi connectivity index (χ1n) is 5.49. The first-order chi connectivity index (χ1) is 6.33. The molecule has 1 unspecified atom stereocenters. The molecular weight excluding hydrogens is 162 g/mol. The summed E-state index contributed by atoms with van der Waals surface area (Å²) >= 11 is 0. The third-order valence-electron chi connectivity index (χ3n) is 2.74. The minimum Gasteiger partial charge on any atom is -0.314 e. The maximum Gasteiger partial charge on any atom is 0.0108 e. The summed E-state index contributed by atoms with van der Waals surface area (Å²) in [5.41, 5.74) is 0. The highest BCUT2D eigenvalue weighted by Gasteiger charge is 2.08. The van der Waals surface area contributed by atoms with Crippen LogP contribution in [0.2, 0.25) is 0 Å². The third kappa shape index (κ3) is 4.60. The molecule has 1 rings (SSSR count). The molecule has 0 amide bonds. The van der Waals surface area contributed by atoms with Crippen molar-refractivity contribution in [3.63, 3.8) is 0 Å². The first-order valence-corrected chi connectivity index (χ1v) is 5.49. The van der Waals surface area contributed by atoms with Crippen molar-refractivity contribution in [3.8, 4) is 0 Å². The lowest BCUT2D eigenvalue weighted by molar-refractivity contribution is 0.238. The quantitative estimate of drug-likeness (QED) is 0.644. The van der Waals surface area contributed by atoms with Crippen LogP contribution in [0.3, 0.4) is 0 Å². The molecule has 0 spiro atoms. The number of nitrogens with zero attached hydrogens (tertiary/aromatic N) is 1. The summed E-state index contributed by atoms with van der Waals surface area (Å²) in [5.74, 6) is 0. The van der Waals surface area contributed by atoms with Gasteiger partial charge >= 0.3 is 0 Å². The molecule has 0 aliphatic carbocycles. The van der Waals surface area contributed by atoms with Gasteiger partial charge in [0.2, 0.25) is 0 Å². The van der Waals surface area contributed by atoms with Crippen LogP contribution in [-0.2, 0) is 0 Å². The number of hydrogen-bond acceptors (Lipinski definition) is 3. The average molecular weight is 185 g/mol. The molecule has 3 nitrogen and oxygen atoms in total. The molecule has 78 valence electrons. The van der Waals surface area contributed by atoms with E-state index in [1.165, 1.54) is 26.1 Å². The lowest BCUT2D eigenvalue weighted by Crippen LogP contribution is -2.46. The van der Waals surface area contributed by atoms with Crippen molar-refractivity contribution in [2.24, 2.45) is 0 Å². The van der Waals surface area contributed by atoms with Crippen LogP contribution in [-0.4, -0.2) is 50.2 Å². The predicted molar refractivity (Wildman–Crippen MR) is 57.1 cm³/mol. The fraction of sp³-hybridized carbons (Fsp3) is 1.00. The maximum absolute atomic E-state index is 3.52. The van der Waals surface area contributed by atoms with Crippen molar-refractivity contribution in [3.05, 3.63) is 0 Å². The highest BCUT2D eigenvalue weighted by molar-refractivity contribution is 4.69. The van der Waals surface area contributed by atoms with Gasteiger partial charge in [-0.05, 0) is 13.3 Å². The zero-order valence-corrected chi connectivity index (χ0v) is 8.97. The SMILES string of the molecule is CCC(C)NCCN1CCNCC1. The minimum absolute atomic E-state index is 0.669. The standard InChI is InChI=1S/C10H23N3/c1-3-10(2)12-6-9-13-7-4-11-5-8-13/h10-12H,3-9H2,1-2H3. The molecule has 1 aliphatic rings. The Bertz CT molecular complexity index is 121. The lowest BCUT2D eigenvalue weighted by Gasteiger charge is -2.27. The summed E-state index contributed by atoms with van der Waals surface area (Å²) in [6.45, 7) is 11.5. The monoisotopic (exact) mass is 185 g/mol. The van der Waals surface area contributed by atoms with Gasteiger partial charge in [-0.1, -0.05) is 6.92 Å². The molecule has 0 saturated carbocycles. The van der Waals surface area contributed by atoms with Crippen molar-refractivity contribution < 1.29 is 0 Å². The van der Waals surface area contributed by atoms with Crippen LogP contribution in [0.1, 0.15) is 20.3 Å². The highest BCUT2D eigenvalue weighted by Crippen LogP contribution is 1.91. The Kier molecular flexibility index (Phi) is 5.35. The molecular formula is C10H23N3. The molecule has 1 aliphatic heterocycles. The van der Waals surface area contributed by atoms with E-state index >= 15 is 0 Å². The van der Waals surface area contributed by atoms with E-state index in [4.69, 9.17) is 0 Å². The average Bonchev–Trinajstić information content (AvgIpc) is 2.19. The predicted octanol–water partition coefficient (Wildman–Crippen LogP) is 0.280. The fourth-order valence-corrected chi connectivity index (χ4v) is 1.55. The van der Waals surface area contributed by atoms with E-state index in [1.54, 1.807) is 0 Å². The topological polar surface area (TPSA) is 27.3 Å². The molecule has 1 saturated heterocycles. The largest absolute Gasteiger partial charge is 0.314 e. The summed E-state index contributed by atoms with van der Waals surface area (Å²) < 4.78 is 0. The number of nitrogens with one attached hydrogen (secondary N) is 2. The Morgan fingerprint density at radius 3 is 2.69 bits per heavy atom. The molecule has 0 aromatic heterocycles. The first kappa shape index (κ1) is 11.0. The van der Waals surface area contributed by atoms with Crippen molar-refractivity contribution in [1.29, 1.82) is 0 Å². The number of rotatable bonds is 5. The smallest absolute Gasteiger partial charge is 0.0108 e. The molecule has 13 heavy (non-hydrogen) atoms. The molecule has 3 heteroatoms. The van der Waals surface area contributed by atoms with Crippen LogP contribution in [0.5, 0.6) is 0 Å². The summed E-state index contributed by atoms with van der Waals surface area (Å²) in [5, 5.41) is 6.88. The van der Waals surface area contributed by atoms with E-state index in [1.807, 2.05) is 0 Å². The second-order valence-corrected chi connectivity index (χ2v) is 3.86. The second-order valence-electron chi connectivity index (χ2n) is 3.86. The molecule has 0 aromatic rings. The lowest BCUT2D eigenvalue weighted by atomic mass is 10.2. The zero-order valence-electron chi connectivity index (χ0n) is 8.97. The Morgan fingerprint density at radius 1 is 1.38 bits per heavy atom. The third-order valence-corrected chi connectivity index (χ3v) is 2.74. The number of piperazine rings is 1. The summed E-state index contributed by atoms with van der Waals surface area (Å²) in [6.07, 6.45) is 1.22. The Hall–Kier alpha value is -0.120. The van der Waals surface area contributed by atoms with E-state index in [9.17, 15) is 0 Å². The van der Waals surface area contributed by atoms with Crippen LogP contribution >= 0.6 is 0 Å². The Balaban J connectivity index is 1.98. The fourth-order valence-electron chi connectivity index (χ4n) is 1.55. The van der Waals surface area contributed by atoms with Gasteiger partial charge in [0.05, 0.1) is 0 Å². The van der Waals surface area contributed by atoms with E-state index in [0.717, 1.165) is 19.6 Å². The van der Waals surface area contributed by atoms with Crippen molar-refractivity contribution in [1.82, 2.24) is 15.5 Å². The summed E-state index contributed by atoms with van der Waals surface area (Å²) in [7, 11) is 0. The van der Waals surface area contributed by atoms with Gasteiger partial charge in [0.1, 0.15) is 0 Å². The summed E-state index contributed by atoms with van der Waals surface area (Å²) in [6, 6.07) is 0.669. The molecule has 2 N–H and O–H groups in total. The molecule has 0 bridgehead atoms. The van der Waals surface area contributed by atoms with Gasteiger partial charge in [-0.3, -0.25) is 4.90 Å². The highest BCUT2D eigenvalue weighted by atomic mass is 15.2. The van der Waals surface area contributed by atoms with Crippen molar-refractivity contribution in [2.75, 3.05) is 39.3 Å². The minimum atomic E-state index is 0.669. The molecule has 0 radical (unpaired) electrons. The molecule has 1 fully saturated rings. The van der Waals surface area contributed by atoms with Gasteiger partial charge in [0.25, 0.3) is 0 Å². The van der Waals surface area contributed by atoms with Crippen LogP contribution in [0.15, 0.2) is 0 Å². The molecule has 1 heterocycles. The van der Waals surface area contributed by atoms with Gasteiger partial charge in [-0.2, -0.15) is 0 Å². The van der Waals surface area contributed by atoms with Gasteiger partial charge < -0.3 is 10.6 Å². The van der Waals surface area contributed by atoms with E-state index in [-0.39, 0.29) is 0 Å². The van der Waals surface area contributed by atoms with Gasteiger partial charge in [-0.15, -0.1) is 0 Å². The van der Waals surface area contributed by atoms with E-state index in [0.29, 0.717) is 6.04 Å².